The molecule has 2 N–H and O–H groups in total. The van der Waals surface area contributed by atoms with Crippen molar-refractivity contribution in [2.45, 2.75) is 31.9 Å². The van der Waals surface area contributed by atoms with Crippen LogP contribution in [0.4, 0.5) is 4.39 Å². The van der Waals surface area contributed by atoms with E-state index in [1.807, 2.05) is 12.1 Å². The van der Waals surface area contributed by atoms with Crippen molar-refractivity contribution < 1.29 is 13.9 Å². The molecular weight excluding hydrogens is 333 g/mol. The molecule has 5 nitrogen and oxygen atoms in total. The molecule has 0 radical (unpaired) electrons. The monoisotopic (exact) mass is 357 g/mol. The van der Waals surface area contributed by atoms with Crippen molar-refractivity contribution in [3.05, 3.63) is 41.8 Å². The van der Waals surface area contributed by atoms with Gasteiger partial charge >= 0.3 is 0 Å². The molecule has 2 atom stereocenters. The average Bonchev–Trinajstić information content (AvgIpc) is 3.12. The lowest BCUT2D eigenvalue weighted by Crippen LogP contribution is -2.41. The van der Waals surface area contributed by atoms with E-state index >= 15 is 0 Å². The number of pyridine rings is 1. The molecular formula is C20H24FN3O2. The van der Waals surface area contributed by atoms with Gasteiger partial charge in [-0.15, -0.1) is 0 Å². The number of halogens is 1. The molecule has 2 aliphatic heterocycles. The summed E-state index contributed by atoms with van der Waals surface area (Å²) >= 11 is 0. The smallest absolute Gasteiger partial charge is 0.223 e. The lowest BCUT2D eigenvalue weighted by molar-refractivity contribution is -0.124. The molecule has 2 saturated heterocycles. The Morgan fingerprint density at radius 2 is 2.12 bits per heavy atom. The van der Waals surface area contributed by atoms with Gasteiger partial charge in [0.2, 0.25) is 5.91 Å². The summed E-state index contributed by atoms with van der Waals surface area (Å²) in [6.45, 7) is 3.11. The molecule has 2 fully saturated rings. The van der Waals surface area contributed by atoms with Crippen LogP contribution in [0.5, 0.6) is 0 Å². The summed E-state index contributed by atoms with van der Waals surface area (Å²) < 4.78 is 19.7. The second-order valence-electron chi connectivity index (χ2n) is 7.39. The summed E-state index contributed by atoms with van der Waals surface area (Å²) in [5, 5.41) is 0.834. The van der Waals surface area contributed by atoms with Gasteiger partial charge in [-0.1, -0.05) is 6.07 Å². The molecule has 0 unspecified atom stereocenters. The number of amides is 1. The second kappa shape index (κ2) is 7.29. The third kappa shape index (κ3) is 3.44. The van der Waals surface area contributed by atoms with Crippen molar-refractivity contribution in [1.82, 2.24) is 9.88 Å². The first-order valence-corrected chi connectivity index (χ1v) is 9.28. The summed E-state index contributed by atoms with van der Waals surface area (Å²) in [4.78, 5) is 18.4. The van der Waals surface area contributed by atoms with Gasteiger partial charge in [0.15, 0.2) is 0 Å². The van der Waals surface area contributed by atoms with E-state index < -0.39 is 0 Å². The SMILES string of the molecule is NC(=O)[C@H]1CCO[C@@H]1C1CCN(Cc2cc(F)cc3cccnc23)CC1. The van der Waals surface area contributed by atoms with E-state index in [0.717, 1.165) is 48.8 Å². The molecule has 0 aliphatic carbocycles. The number of primary amides is 1. The Balaban J connectivity index is 1.42. The highest BCUT2D eigenvalue weighted by Gasteiger charge is 2.39. The third-order valence-electron chi connectivity index (χ3n) is 5.74. The van der Waals surface area contributed by atoms with Crippen LogP contribution >= 0.6 is 0 Å². The molecule has 2 aliphatic rings. The fourth-order valence-electron chi connectivity index (χ4n) is 4.41. The molecule has 1 amide bonds. The zero-order chi connectivity index (χ0) is 18.1. The summed E-state index contributed by atoms with van der Waals surface area (Å²) in [5.41, 5.74) is 7.31. The van der Waals surface area contributed by atoms with E-state index in [-0.39, 0.29) is 23.7 Å². The number of ether oxygens (including phenoxy) is 1. The number of hydrogen-bond acceptors (Lipinski definition) is 4. The maximum absolute atomic E-state index is 13.9. The molecule has 138 valence electrons. The summed E-state index contributed by atoms with van der Waals surface area (Å²) in [6, 6.07) is 6.83. The fraction of sp³-hybridized carbons (Fsp3) is 0.500. The van der Waals surface area contributed by atoms with E-state index in [0.29, 0.717) is 19.1 Å². The molecule has 1 aromatic carbocycles. The molecule has 3 heterocycles. The van der Waals surface area contributed by atoms with Crippen LogP contribution in [0, 0.1) is 17.7 Å². The van der Waals surface area contributed by atoms with Crippen LogP contribution in [-0.4, -0.2) is 41.6 Å². The molecule has 0 saturated carbocycles. The molecule has 0 spiro atoms. The highest BCUT2D eigenvalue weighted by Crippen LogP contribution is 2.33. The first-order chi connectivity index (χ1) is 12.6. The zero-order valence-corrected chi connectivity index (χ0v) is 14.7. The zero-order valence-electron chi connectivity index (χ0n) is 14.7. The van der Waals surface area contributed by atoms with Crippen LogP contribution in [0.15, 0.2) is 30.5 Å². The summed E-state index contributed by atoms with van der Waals surface area (Å²) in [5.74, 6) is -0.247. The van der Waals surface area contributed by atoms with Gasteiger partial charge in [-0.25, -0.2) is 4.39 Å². The minimum absolute atomic E-state index is 0.0358. The number of likely N-dealkylation sites (tertiary alicyclic amines) is 1. The van der Waals surface area contributed by atoms with Gasteiger partial charge in [-0.05, 0) is 62.0 Å². The predicted molar refractivity (Wildman–Crippen MR) is 96.7 cm³/mol. The van der Waals surface area contributed by atoms with E-state index in [2.05, 4.69) is 9.88 Å². The predicted octanol–water partition coefficient (Wildman–Crippen LogP) is 2.48. The van der Waals surface area contributed by atoms with Crippen molar-refractivity contribution in [2.75, 3.05) is 19.7 Å². The number of rotatable bonds is 4. The molecule has 1 aromatic heterocycles. The van der Waals surface area contributed by atoms with Crippen molar-refractivity contribution in [3.63, 3.8) is 0 Å². The molecule has 0 bridgehead atoms. The van der Waals surface area contributed by atoms with E-state index in [9.17, 15) is 9.18 Å². The summed E-state index contributed by atoms with van der Waals surface area (Å²) in [7, 11) is 0. The Morgan fingerprint density at radius 1 is 1.31 bits per heavy atom. The molecule has 6 heteroatoms. The number of nitrogens with two attached hydrogens (primary N) is 1. The first kappa shape index (κ1) is 17.4. The van der Waals surface area contributed by atoms with Crippen molar-refractivity contribution >= 4 is 16.8 Å². The Labute approximate surface area is 152 Å². The highest BCUT2D eigenvalue weighted by atomic mass is 19.1. The molecule has 2 aromatic rings. The van der Waals surface area contributed by atoms with Crippen molar-refractivity contribution in [2.24, 2.45) is 17.6 Å². The Morgan fingerprint density at radius 3 is 2.88 bits per heavy atom. The largest absolute Gasteiger partial charge is 0.377 e. The van der Waals surface area contributed by atoms with Crippen LogP contribution in [0.2, 0.25) is 0 Å². The summed E-state index contributed by atoms with van der Waals surface area (Å²) in [6.07, 6.45) is 4.38. The second-order valence-corrected chi connectivity index (χ2v) is 7.39. The maximum atomic E-state index is 13.9. The minimum Gasteiger partial charge on any atom is -0.377 e. The first-order valence-electron chi connectivity index (χ1n) is 9.28. The molecule has 4 rings (SSSR count). The number of aromatic nitrogens is 1. The van der Waals surface area contributed by atoms with E-state index in [4.69, 9.17) is 10.5 Å². The van der Waals surface area contributed by atoms with Crippen LogP contribution in [0.25, 0.3) is 10.9 Å². The normalized spacial score (nSPS) is 25.0. The fourth-order valence-corrected chi connectivity index (χ4v) is 4.41. The van der Waals surface area contributed by atoms with Gasteiger partial charge in [-0.3, -0.25) is 14.7 Å². The van der Waals surface area contributed by atoms with Gasteiger partial charge in [0.25, 0.3) is 0 Å². The van der Waals surface area contributed by atoms with Gasteiger partial charge in [0, 0.05) is 24.7 Å². The van der Waals surface area contributed by atoms with Gasteiger partial charge < -0.3 is 10.5 Å². The highest BCUT2D eigenvalue weighted by molar-refractivity contribution is 5.81. The lowest BCUT2D eigenvalue weighted by Gasteiger charge is -2.35. The van der Waals surface area contributed by atoms with Crippen LogP contribution in [0.3, 0.4) is 0 Å². The number of benzene rings is 1. The van der Waals surface area contributed by atoms with Crippen LogP contribution < -0.4 is 5.73 Å². The Kier molecular flexibility index (Phi) is 4.87. The number of carbonyl (C=O) groups is 1. The van der Waals surface area contributed by atoms with E-state index in [1.165, 1.54) is 6.07 Å². The maximum Gasteiger partial charge on any atom is 0.223 e. The van der Waals surface area contributed by atoms with Crippen LogP contribution in [-0.2, 0) is 16.1 Å². The molecule has 26 heavy (non-hydrogen) atoms. The van der Waals surface area contributed by atoms with Gasteiger partial charge in [0.1, 0.15) is 5.82 Å². The number of piperidine rings is 1. The number of carbonyl (C=O) groups excluding carboxylic acids is 1. The van der Waals surface area contributed by atoms with Gasteiger partial charge in [-0.2, -0.15) is 0 Å². The van der Waals surface area contributed by atoms with Gasteiger partial charge in [0.05, 0.1) is 17.5 Å². The number of hydrogen-bond donors (Lipinski definition) is 1. The van der Waals surface area contributed by atoms with Crippen molar-refractivity contribution in [1.29, 1.82) is 0 Å². The van der Waals surface area contributed by atoms with Crippen molar-refractivity contribution in [3.8, 4) is 0 Å². The number of fused-ring (bicyclic) bond motifs is 1. The Hall–Kier alpha value is -2.05. The minimum atomic E-state index is -0.243. The number of nitrogens with zero attached hydrogens (tertiary/aromatic N) is 2. The standard InChI is InChI=1S/C20H24FN3O2/c21-16-10-14-2-1-6-23-18(14)15(11-16)12-24-7-3-13(4-8-24)19-17(20(22)25)5-9-26-19/h1-2,6,10-11,13,17,19H,3-5,7-9,12H2,(H2,22,25)/t17-,19+/m0/s1. The lowest BCUT2D eigenvalue weighted by atomic mass is 9.84. The van der Waals surface area contributed by atoms with E-state index in [1.54, 1.807) is 12.3 Å². The quantitative estimate of drug-likeness (QED) is 0.913. The Bertz CT molecular complexity index is 805. The average molecular weight is 357 g/mol. The van der Waals surface area contributed by atoms with Crippen LogP contribution in [0.1, 0.15) is 24.8 Å². The third-order valence-corrected chi connectivity index (χ3v) is 5.74. The topological polar surface area (TPSA) is 68.5 Å².